The molecule has 0 atom stereocenters. The van der Waals surface area contributed by atoms with Crippen LogP contribution in [-0.2, 0) is 10.3 Å². The van der Waals surface area contributed by atoms with Gasteiger partial charge in [-0.1, -0.05) is 0 Å². The second kappa shape index (κ2) is 4.37. The Kier molecular flexibility index (Phi) is 3.16. The Morgan fingerprint density at radius 1 is 1.50 bits per heavy atom. The molecule has 0 unspecified atom stereocenters. The highest BCUT2D eigenvalue weighted by molar-refractivity contribution is 9.10. The van der Waals surface area contributed by atoms with Crippen molar-refractivity contribution in [2.45, 2.75) is 19.4 Å². The van der Waals surface area contributed by atoms with E-state index in [0.29, 0.717) is 16.8 Å². The summed E-state index contributed by atoms with van der Waals surface area (Å²) in [7, 11) is 1.32. The lowest BCUT2D eigenvalue weighted by Gasteiger charge is -2.20. The monoisotopic (exact) mass is 312 g/mol. The minimum Gasteiger partial charge on any atom is -0.465 e. The molecule has 2 rings (SSSR count). The number of hydrogen-bond acceptors (Lipinski definition) is 4. The topological polar surface area (TPSA) is 63.8 Å². The molecule has 0 aliphatic rings. The van der Waals surface area contributed by atoms with Crippen LogP contribution < -0.4 is 0 Å². The summed E-state index contributed by atoms with van der Waals surface area (Å²) in [4.78, 5) is 11.6. The number of nitrogens with zero attached hydrogens (tertiary/aromatic N) is 2. The number of ether oxygens (including phenoxy) is 1. The van der Waals surface area contributed by atoms with Crippen molar-refractivity contribution in [1.82, 2.24) is 9.61 Å². The van der Waals surface area contributed by atoms with Gasteiger partial charge in [-0.2, -0.15) is 5.10 Å². The Balaban J connectivity index is 2.77. The van der Waals surface area contributed by atoms with Crippen molar-refractivity contribution in [3.63, 3.8) is 0 Å². The molecule has 0 aliphatic heterocycles. The lowest BCUT2D eigenvalue weighted by atomic mass is 10.0. The van der Waals surface area contributed by atoms with Crippen LogP contribution in [0.4, 0.5) is 0 Å². The molecule has 6 heteroatoms. The van der Waals surface area contributed by atoms with Crippen LogP contribution in [0.1, 0.15) is 29.9 Å². The van der Waals surface area contributed by atoms with E-state index in [1.54, 1.807) is 26.0 Å². The van der Waals surface area contributed by atoms with E-state index in [1.165, 1.54) is 17.8 Å². The Labute approximate surface area is 112 Å². The van der Waals surface area contributed by atoms with Gasteiger partial charge in [0.25, 0.3) is 0 Å². The summed E-state index contributed by atoms with van der Waals surface area (Å²) in [5.74, 6) is -0.450. The Morgan fingerprint density at radius 2 is 2.17 bits per heavy atom. The highest BCUT2D eigenvalue weighted by Gasteiger charge is 2.25. The highest BCUT2D eigenvalue weighted by atomic mass is 79.9. The van der Waals surface area contributed by atoms with E-state index in [9.17, 15) is 9.90 Å². The fourth-order valence-corrected chi connectivity index (χ4v) is 2.63. The highest BCUT2D eigenvalue weighted by Crippen LogP contribution is 2.29. The quantitative estimate of drug-likeness (QED) is 0.863. The molecule has 0 amide bonds. The first-order chi connectivity index (χ1) is 8.36. The molecule has 0 spiro atoms. The van der Waals surface area contributed by atoms with E-state index in [4.69, 9.17) is 4.74 Å². The van der Waals surface area contributed by atoms with E-state index in [0.717, 1.165) is 4.47 Å². The van der Waals surface area contributed by atoms with Crippen molar-refractivity contribution in [2.75, 3.05) is 7.11 Å². The molecule has 1 N–H and O–H groups in total. The third-order valence-electron chi connectivity index (χ3n) is 2.62. The largest absolute Gasteiger partial charge is 0.465 e. The number of rotatable bonds is 2. The number of aromatic nitrogens is 2. The van der Waals surface area contributed by atoms with E-state index >= 15 is 0 Å². The van der Waals surface area contributed by atoms with Gasteiger partial charge in [0.05, 0.1) is 24.5 Å². The number of carbonyl (C=O) groups is 1. The van der Waals surface area contributed by atoms with Crippen LogP contribution in [0.25, 0.3) is 5.52 Å². The second-order valence-electron chi connectivity index (χ2n) is 4.44. The molecular formula is C12H13BrN2O3. The molecule has 2 heterocycles. The SMILES string of the molecule is COC(=O)c1cnn2c(C(C)(C)O)c(Br)ccc12. The van der Waals surface area contributed by atoms with Gasteiger partial charge < -0.3 is 9.84 Å². The van der Waals surface area contributed by atoms with Crippen molar-refractivity contribution in [3.8, 4) is 0 Å². The van der Waals surface area contributed by atoms with Crippen LogP contribution in [0.2, 0.25) is 0 Å². The third-order valence-corrected chi connectivity index (χ3v) is 3.26. The first kappa shape index (κ1) is 13.0. The zero-order valence-electron chi connectivity index (χ0n) is 10.3. The van der Waals surface area contributed by atoms with Crippen LogP contribution in [0.5, 0.6) is 0 Å². The lowest BCUT2D eigenvalue weighted by molar-refractivity contribution is 0.0601. The fourth-order valence-electron chi connectivity index (χ4n) is 1.85. The van der Waals surface area contributed by atoms with Crippen LogP contribution in [-0.4, -0.2) is 27.8 Å². The molecule has 0 radical (unpaired) electrons. The first-order valence-corrected chi connectivity index (χ1v) is 6.13. The maximum absolute atomic E-state index is 11.6. The normalized spacial score (nSPS) is 11.8. The number of fused-ring (bicyclic) bond motifs is 1. The van der Waals surface area contributed by atoms with E-state index in [2.05, 4.69) is 21.0 Å². The van der Waals surface area contributed by atoms with Gasteiger partial charge in [0.1, 0.15) is 11.2 Å². The summed E-state index contributed by atoms with van der Waals surface area (Å²) < 4.78 is 6.95. The Morgan fingerprint density at radius 3 is 2.72 bits per heavy atom. The predicted octanol–water partition coefficient (Wildman–Crippen LogP) is 2.11. The minimum atomic E-state index is -1.09. The molecule has 2 aromatic heterocycles. The van der Waals surface area contributed by atoms with Gasteiger partial charge in [-0.3, -0.25) is 0 Å². The maximum atomic E-state index is 11.6. The van der Waals surface area contributed by atoms with Crippen LogP contribution >= 0.6 is 15.9 Å². The lowest BCUT2D eigenvalue weighted by Crippen LogP contribution is -2.21. The van der Waals surface area contributed by atoms with Gasteiger partial charge in [0, 0.05) is 4.47 Å². The molecule has 0 fully saturated rings. The van der Waals surface area contributed by atoms with E-state index in [1.807, 2.05) is 0 Å². The molecule has 0 bridgehead atoms. The average molecular weight is 313 g/mol. The maximum Gasteiger partial charge on any atom is 0.341 e. The first-order valence-electron chi connectivity index (χ1n) is 5.33. The molecule has 0 saturated carbocycles. The number of hydrogen-bond donors (Lipinski definition) is 1. The molecule has 18 heavy (non-hydrogen) atoms. The molecular weight excluding hydrogens is 300 g/mol. The van der Waals surface area contributed by atoms with Gasteiger partial charge in [-0.05, 0) is 41.9 Å². The third kappa shape index (κ3) is 2.02. The van der Waals surface area contributed by atoms with Gasteiger partial charge in [0.15, 0.2) is 0 Å². The van der Waals surface area contributed by atoms with Gasteiger partial charge >= 0.3 is 5.97 Å². The van der Waals surface area contributed by atoms with Crippen molar-refractivity contribution < 1.29 is 14.6 Å². The van der Waals surface area contributed by atoms with Crippen molar-refractivity contribution >= 4 is 27.4 Å². The summed E-state index contributed by atoms with van der Waals surface area (Å²) in [5.41, 5.74) is 0.463. The van der Waals surface area contributed by atoms with Gasteiger partial charge in [0.2, 0.25) is 0 Å². The molecule has 0 aliphatic carbocycles. The molecule has 2 aromatic rings. The standard InChI is InChI=1S/C12H13BrN2O3/c1-12(2,17)10-8(13)4-5-9-7(11(16)18-3)6-14-15(9)10/h4-6,17H,1-3H3. The van der Waals surface area contributed by atoms with Gasteiger partial charge in [-0.15, -0.1) is 0 Å². The number of halogens is 1. The zero-order valence-corrected chi connectivity index (χ0v) is 11.9. The fraction of sp³-hybridized carbons (Fsp3) is 0.333. The average Bonchev–Trinajstić information content (AvgIpc) is 2.69. The molecule has 0 saturated heterocycles. The van der Waals surface area contributed by atoms with Crippen molar-refractivity contribution in [3.05, 3.63) is 34.1 Å². The molecule has 96 valence electrons. The summed E-state index contributed by atoms with van der Waals surface area (Å²) >= 11 is 3.38. The number of methoxy groups -OCH3 is 1. The van der Waals surface area contributed by atoms with Crippen LogP contribution in [0.15, 0.2) is 22.8 Å². The molecule has 0 aromatic carbocycles. The predicted molar refractivity (Wildman–Crippen MR) is 69.5 cm³/mol. The summed E-state index contributed by atoms with van der Waals surface area (Å²) in [6, 6.07) is 3.52. The zero-order chi connectivity index (χ0) is 13.5. The van der Waals surface area contributed by atoms with E-state index in [-0.39, 0.29) is 0 Å². The van der Waals surface area contributed by atoms with Gasteiger partial charge in [-0.25, -0.2) is 9.31 Å². The van der Waals surface area contributed by atoms with E-state index < -0.39 is 11.6 Å². The van der Waals surface area contributed by atoms with Crippen LogP contribution in [0.3, 0.4) is 0 Å². The van der Waals surface area contributed by atoms with Crippen LogP contribution in [0, 0.1) is 0 Å². The number of carbonyl (C=O) groups excluding carboxylic acids is 1. The smallest absolute Gasteiger partial charge is 0.341 e. The second-order valence-corrected chi connectivity index (χ2v) is 5.29. The number of pyridine rings is 1. The summed E-state index contributed by atoms with van der Waals surface area (Å²) in [5, 5.41) is 14.3. The Hall–Kier alpha value is -1.40. The molecule has 5 nitrogen and oxygen atoms in total. The van der Waals surface area contributed by atoms with Crippen molar-refractivity contribution in [2.24, 2.45) is 0 Å². The van der Waals surface area contributed by atoms with Crippen molar-refractivity contribution in [1.29, 1.82) is 0 Å². The summed E-state index contributed by atoms with van der Waals surface area (Å²) in [6.45, 7) is 3.32. The number of esters is 1. The minimum absolute atomic E-state index is 0.371. The number of aliphatic hydroxyl groups is 1. The Bertz CT molecular complexity index is 614. The summed E-state index contributed by atoms with van der Waals surface area (Å²) in [6.07, 6.45) is 1.43.